The standard InChI is InChI=1S/C14H9F2N3O/c15-9-3-1-8(2-4-9)13-18-14(20-19-13)11-7-10(17)5-6-12(11)16/h1-7H,17H2. The lowest BCUT2D eigenvalue weighted by Gasteiger charge is -1.98. The van der Waals surface area contributed by atoms with E-state index in [0.717, 1.165) is 0 Å². The fourth-order valence-corrected chi connectivity index (χ4v) is 1.76. The zero-order valence-electron chi connectivity index (χ0n) is 10.2. The number of benzene rings is 2. The van der Waals surface area contributed by atoms with Crippen LogP contribution in [0.3, 0.4) is 0 Å². The first-order chi connectivity index (χ1) is 9.63. The van der Waals surface area contributed by atoms with Gasteiger partial charge in [-0.05, 0) is 42.5 Å². The molecule has 0 atom stereocenters. The third-order valence-corrected chi connectivity index (χ3v) is 2.75. The van der Waals surface area contributed by atoms with Gasteiger partial charge in [0, 0.05) is 11.3 Å². The number of halogens is 2. The van der Waals surface area contributed by atoms with Crippen LogP contribution in [0.4, 0.5) is 14.5 Å². The summed E-state index contributed by atoms with van der Waals surface area (Å²) in [5.41, 5.74) is 6.70. The van der Waals surface area contributed by atoms with Gasteiger partial charge < -0.3 is 10.3 Å². The minimum atomic E-state index is -0.506. The van der Waals surface area contributed by atoms with Crippen molar-refractivity contribution in [3.05, 3.63) is 54.1 Å². The maximum Gasteiger partial charge on any atom is 0.261 e. The van der Waals surface area contributed by atoms with Crippen LogP contribution in [-0.4, -0.2) is 10.1 Å². The molecule has 6 heteroatoms. The second kappa shape index (κ2) is 4.73. The van der Waals surface area contributed by atoms with Crippen LogP contribution in [0.25, 0.3) is 22.8 Å². The second-order valence-corrected chi connectivity index (χ2v) is 4.17. The van der Waals surface area contributed by atoms with E-state index in [1.165, 1.54) is 42.5 Å². The molecule has 1 aromatic heterocycles. The van der Waals surface area contributed by atoms with Crippen molar-refractivity contribution < 1.29 is 13.3 Å². The minimum Gasteiger partial charge on any atom is -0.399 e. The molecular weight excluding hydrogens is 264 g/mol. The third-order valence-electron chi connectivity index (χ3n) is 2.75. The van der Waals surface area contributed by atoms with Crippen LogP contribution in [0, 0.1) is 11.6 Å². The van der Waals surface area contributed by atoms with E-state index >= 15 is 0 Å². The summed E-state index contributed by atoms with van der Waals surface area (Å²) >= 11 is 0. The summed E-state index contributed by atoms with van der Waals surface area (Å²) in [4.78, 5) is 4.09. The molecule has 0 radical (unpaired) electrons. The normalized spacial score (nSPS) is 10.7. The van der Waals surface area contributed by atoms with Crippen molar-refractivity contribution in [1.82, 2.24) is 10.1 Å². The van der Waals surface area contributed by atoms with E-state index in [9.17, 15) is 8.78 Å². The molecule has 0 aliphatic heterocycles. The first-order valence-corrected chi connectivity index (χ1v) is 5.78. The number of nitrogens with zero attached hydrogens (tertiary/aromatic N) is 2. The number of hydrogen-bond acceptors (Lipinski definition) is 4. The molecule has 2 aromatic carbocycles. The van der Waals surface area contributed by atoms with E-state index in [1.807, 2.05) is 0 Å². The monoisotopic (exact) mass is 273 g/mol. The van der Waals surface area contributed by atoms with E-state index in [1.54, 1.807) is 0 Å². The zero-order valence-corrected chi connectivity index (χ0v) is 10.2. The first-order valence-electron chi connectivity index (χ1n) is 5.78. The summed E-state index contributed by atoms with van der Waals surface area (Å²) in [6, 6.07) is 9.68. The van der Waals surface area contributed by atoms with Gasteiger partial charge in [0.15, 0.2) is 0 Å². The molecule has 0 amide bonds. The maximum atomic E-state index is 13.7. The van der Waals surface area contributed by atoms with Gasteiger partial charge in [-0.15, -0.1) is 0 Å². The Morgan fingerprint density at radius 3 is 2.50 bits per heavy atom. The van der Waals surface area contributed by atoms with Crippen LogP contribution in [0.15, 0.2) is 47.0 Å². The van der Waals surface area contributed by atoms with E-state index in [0.29, 0.717) is 11.3 Å². The smallest absolute Gasteiger partial charge is 0.261 e. The predicted molar refractivity (Wildman–Crippen MR) is 69.5 cm³/mol. The molecule has 0 bridgehead atoms. The van der Waals surface area contributed by atoms with Crippen molar-refractivity contribution in [1.29, 1.82) is 0 Å². The van der Waals surface area contributed by atoms with Crippen LogP contribution in [0.5, 0.6) is 0 Å². The fourth-order valence-electron chi connectivity index (χ4n) is 1.76. The molecule has 3 aromatic rings. The Morgan fingerprint density at radius 1 is 1.00 bits per heavy atom. The number of aromatic nitrogens is 2. The van der Waals surface area contributed by atoms with Crippen LogP contribution < -0.4 is 5.73 Å². The van der Waals surface area contributed by atoms with Crippen molar-refractivity contribution in [3.8, 4) is 22.8 Å². The van der Waals surface area contributed by atoms with Gasteiger partial charge in [-0.3, -0.25) is 0 Å². The summed E-state index contributed by atoms with van der Waals surface area (Å²) in [5, 5.41) is 3.75. The highest BCUT2D eigenvalue weighted by Crippen LogP contribution is 2.26. The molecule has 1 heterocycles. The maximum absolute atomic E-state index is 13.7. The van der Waals surface area contributed by atoms with E-state index in [2.05, 4.69) is 10.1 Å². The van der Waals surface area contributed by atoms with E-state index in [-0.39, 0.29) is 23.1 Å². The Morgan fingerprint density at radius 2 is 1.75 bits per heavy atom. The Bertz CT molecular complexity index is 753. The number of anilines is 1. The lowest BCUT2D eigenvalue weighted by molar-refractivity contribution is 0.429. The molecule has 100 valence electrons. The number of nitrogen functional groups attached to an aromatic ring is 1. The summed E-state index contributed by atoms with van der Waals surface area (Å²) in [6.45, 7) is 0. The average Bonchev–Trinajstić information content (AvgIpc) is 2.92. The third kappa shape index (κ3) is 2.23. The van der Waals surface area contributed by atoms with Crippen LogP contribution in [-0.2, 0) is 0 Å². The topological polar surface area (TPSA) is 64.9 Å². The highest BCUT2D eigenvalue weighted by atomic mass is 19.1. The Hall–Kier alpha value is -2.76. The van der Waals surface area contributed by atoms with Crippen molar-refractivity contribution in [2.45, 2.75) is 0 Å². The molecule has 4 nitrogen and oxygen atoms in total. The lowest BCUT2D eigenvalue weighted by atomic mass is 10.2. The van der Waals surface area contributed by atoms with Crippen LogP contribution in [0.2, 0.25) is 0 Å². The number of rotatable bonds is 2. The molecule has 0 unspecified atom stereocenters. The van der Waals surface area contributed by atoms with Crippen LogP contribution >= 0.6 is 0 Å². The van der Waals surface area contributed by atoms with Crippen molar-refractivity contribution in [3.63, 3.8) is 0 Å². The lowest BCUT2D eigenvalue weighted by Crippen LogP contribution is -1.89. The average molecular weight is 273 g/mol. The molecule has 20 heavy (non-hydrogen) atoms. The van der Waals surface area contributed by atoms with Gasteiger partial charge >= 0.3 is 0 Å². The number of hydrogen-bond donors (Lipinski definition) is 1. The molecule has 0 aliphatic rings. The van der Waals surface area contributed by atoms with Crippen molar-refractivity contribution in [2.24, 2.45) is 0 Å². The molecular formula is C14H9F2N3O. The van der Waals surface area contributed by atoms with E-state index in [4.69, 9.17) is 10.3 Å². The second-order valence-electron chi connectivity index (χ2n) is 4.17. The summed E-state index contributed by atoms with van der Waals surface area (Å²) in [5.74, 6) is -0.594. The Balaban J connectivity index is 2.01. The minimum absolute atomic E-state index is 0.0223. The largest absolute Gasteiger partial charge is 0.399 e. The summed E-state index contributed by atoms with van der Waals surface area (Å²) < 4.78 is 31.5. The quantitative estimate of drug-likeness (QED) is 0.728. The molecule has 3 rings (SSSR count). The van der Waals surface area contributed by atoms with Crippen molar-refractivity contribution >= 4 is 5.69 Å². The highest BCUT2D eigenvalue weighted by Gasteiger charge is 2.14. The Labute approximate surface area is 112 Å². The Kier molecular flexibility index (Phi) is 2.90. The first kappa shape index (κ1) is 12.3. The SMILES string of the molecule is Nc1ccc(F)c(-c2nc(-c3ccc(F)cc3)no2)c1. The zero-order chi connectivity index (χ0) is 14.1. The van der Waals surface area contributed by atoms with Gasteiger partial charge in [-0.25, -0.2) is 8.78 Å². The molecule has 0 fully saturated rings. The fraction of sp³-hybridized carbons (Fsp3) is 0. The molecule has 0 aliphatic carbocycles. The predicted octanol–water partition coefficient (Wildman–Crippen LogP) is 3.26. The highest BCUT2D eigenvalue weighted by molar-refractivity contribution is 5.63. The van der Waals surface area contributed by atoms with Gasteiger partial charge in [0.25, 0.3) is 5.89 Å². The number of nitrogens with two attached hydrogens (primary N) is 1. The van der Waals surface area contributed by atoms with Gasteiger partial charge in [0.05, 0.1) is 5.56 Å². The van der Waals surface area contributed by atoms with Gasteiger partial charge in [-0.1, -0.05) is 5.16 Å². The van der Waals surface area contributed by atoms with Gasteiger partial charge in [-0.2, -0.15) is 4.98 Å². The van der Waals surface area contributed by atoms with Gasteiger partial charge in [0.1, 0.15) is 11.6 Å². The summed E-state index contributed by atoms with van der Waals surface area (Å²) in [6.07, 6.45) is 0. The molecule has 0 saturated heterocycles. The van der Waals surface area contributed by atoms with Crippen LogP contribution in [0.1, 0.15) is 0 Å². The molecule has 0 saturated carbocycles. The van der Waals surface area contributed by atoms with E-state index < -0.39 is 5.82 Å². The van der Waals surface area contributed by atoms with Gasteiger partial charge in [0.2, 0.25) is 5.82 Å². The van der Waals surface area contributed by atoms with Crippen molar-refractivity contribution in [2.75, 3.05) is 5.73 Å². The summed E-state index contributed by atoms with van der Waals surface area (Å²) in [7, 11) is 0. The molecule has 0 spiro atoms. The molecule has 2 N–H and O–H groups in total.